The average molecular weight is 246 g/mol. The van der Waals surface area contributed by atoms with Gasteiger partial charge in [-0.25, -0.2) is 0 Å². The Morgan fingerprint density at radius 1 is 1.33 bits per heavy atom. The molecule has 1 atom stereocenters. The van der Waals surface area contributed by atoms with Gasteiger partial charge in [0.1, 0.15) is 0 Å². The van der Waals surface area contributed by atoms with Crippen molar-refractivity contribution in [1.29, 1.82) is 0 Å². The van der Waals surface area contributed by atoms with Crippen molar-refractivity contribution in [2.24, 2.45) is 11.8 Å². The normalized spacial score (nSPS) is 24.7. The molecule has 2 rings (SSSR count). The summed E-state index contributed by atoms with van der Waals surface area (Å²) in [7, 11) is 0. The van der Waals surface area contributed by atoms with Crippen LogP contribution in [0, 0.1) is 11.8 Å². The van der Waals surface area contributed by atoms with Crippen molar-refractivity contribution in [3.05, 3.63) is 34.1 Å². The van der Waals surface area contributed by atoms with Gasteiger partial charge in [0.05, 0.1) is 0 Å². The first-order valence-corrected chi connectivity index (χ1v) is 6.28. The van der Waals surface area contributed by atoms with E-state index in [0.717, 1.165) is 11.1 Å². The molecule has 0 heterocycles. The molecule has 1 N–H and O–H groups in total. The highest BCUT2D eigenvalue weighted by Crippen LogP contribution is 2.40. The molecule has 96 valence electrons. The van der Waals surface area contributed by atoms with E-state index >= 15 is 0 Å². The minimum absolute atomic E-state index is 0.0942. The summed E-state index contributed by atoms with van der Waals surface area (Å²) >= 11 is 0. The largest absolute Gasteiger partial charge is 0.504 e. The van der Waals surface area contributed by atoms with Crippen molar-refractivity contribution in [2.75, 3.05) is 0 Å². The molecule has 3 nitrogen and oxygen atoms in total. The second-order valence-corrected chi connectivity index (χ2v) is 5.43. The van der Waals surface area contributed by atoms with Crippen LogP contribution in [0.2, 0.25) is 0 Å². The van der Waals surface area contributed by atoms with Crippen molar-refractivity contribution in [1.82, 2.24) is 0 Å². The second-order valence-electron chi connectivity index (χ2n) is 5.43. The van der Waals surface area contributed by atoms with Crippen molar-refractivity contribution >= 4 is 11.6 Å². The molecule has 0 saturated carbocycles. The van der Waals surface area contributed by atoms with E-state index in [-0.39, 0.29) is 29.2 Å². The Balaban J connectivity index is 2.75. The summed E-state index contributed by atoms with van der Waals surface area (Å²) in [6, 6.07) is 0. The van der Waals surface area contributed by atoms with Gasteiger partial charge in [-0.1, -0.05) is 20.8 Å². The maximum absolute atomic E-state index is 12.1. The highest BCUT2D eigenvalue weighted by molar-refractivity contribution is 6.11. The van der Waals surface area contributed by atoms with Gasteiger partial charge in [0, 0.05) is 23.1 Å². The highest BCUT2D eigenvalue weighted by atomic mass is 16.3. The number of Topliss-reactive ketones (excluding diaryl/α,β-unsaturated/α-hetero) is 2. The van der Waals surface area contributed by atoms with Crippen molar-refractivity contribution in [3.63, 3.8) is 0 Å². The van der Waals surface area contributed by atoms with E-state index in [2.05, 4.69) is 0 Å². The van der Waals surface area contributed by atoms with Crippen molar-refractivity contribution in [3.8, 4) is 0 Å². The lowest BCUT2D eigenvalue weighted by atomic mass is 9.73. The molecular weight excluding hydrogens is 228 g/mol. The maximum atomic E-state index is 12.1. The van der Waals surface area contributed by atoms with Crippen LogP contribution in [-0.2, 0) is 9.59 Å². The van der Waals surface area contributed by atoms with Crippen LogP contribution in [0.4, 0.5) is 0 Å². The lowest BCUT2D eigenvalue weighted by Gasteiger charge is -2.30. The Labute approximate surface area is 107 Å². The van der Waals surface area contributed by atoms with Crippen LogP contribution >= 0.6 is 0 Å². The number of aliphatic hydroxyl groups excluding tert-OH is 1. The predicted octanol–water partition coefficient (Wildman–Crippen LogP) is 2.89. The van der Waals surface area contributed by atoms with Gasteiger partial charge in [0.15, 0.2) is 11.5 Å². The van der Waals surface area contributed by atoms with Crippen LogP contribution in [0.1, 0.15) is 34.1 Å². The summed E-state index contributed by atoms with van der Waals surface area (Å²) in [5.74, 6) is -0.369. The van der Waals surface area contributed by atoms with Crippen LogP contribution < -0.4 is 0 Å². The first-order valence-electron chi connectivity index (χ1n) is 6.28. The van der Waals surface area contributed by atoms with E-state index in [1.54, 1.807) is 13.0 Å². The Morgan fingerprint density at radius 2 is 1.94 bits per heavy atom. The first-order chi connectivity index (χ1) is 8.34. The molecular formula is C15H18O3. The van der Waals surface area contributed by atoms with E-state index in [1.165, 1.54) is 0 Å². The molecule has 0 aromatic heterocycles. The SMILES string of the molecule is CC1=CC2=C(C(C)C)C(=O)C[C@H](C)C2=C(O)C1=O. The average Bonchev–Trinajstić information content (AvgIpc) is 2.24. The van der Waals surface area contributed by atoms with E-state index in [1.807, 2.05) is 20.8 Å². The monoisotopic (exact) mass is 246 g/mol. The number of hydrogen-bond donors (Lipinski definition) is 1. The molecule has 0 radical (unpaired) electrons. The van der Waals surface area contributed by atoms with Gasteiger partial charge in [-0.05, 0) is 30.4 Å². The van der Waals surface area contributed by atoms with Crippen molar-refractivity contribution in [2.45, 2.75) is 34.1 Å². The molecule has 2 aliphatic carbocycles. The highest BCUT2D eigenvalue weighted by Gasteiger charge is 2.36. The van der Waals surface area contributed by atoms with Gasteiger partial charge in [-0.3, -0.25) is 9.59 Å². The lowest BCUT2D eigenvalue weighted by molar-refractivity contribution is -0.117. The molecule has 0 aliphatic heterocycles. The molecule has 0 fully saturated rings. The topological polar surface area (TPSA) is 54.4 Å². The fourth-order valence-corrected chi connectivity index (χ4v) is 2.79. The number of rotatable bonds is 1. The summed E-state index contributed by atoms with van der Waals surface area (Å²) in [6.07, 6.45) is 2.12. The summed E-state index contributed by atoms with van der Waals surface area (Å²) in [5.41, 5.74) is 2.64. The lowest BCUT2D eigenvalue weighted by Crippen LogP contribution is -2.27. The molecule has 0 spiro atoms. The summed E-state index contributed by atoms with van der Waals surface area (Å²) < 4.78 is 0. The third kappa shape index (κ3) is 1.74. The molecule has 0 aromatic carbocycles. The van der Waals surface area contributed by atoms with E-state index in [4.69, 9.17) is 0 Å². The molecule has 0 aromatic rings. The molecule has 2 aliphatic rings. The Morgan fingerprint density at radius 3 is 2.50 bits per heavy atom. The van der Waals surface area contributed by atoms with Crippen LogP contribution in [0.15, 0.2) is 34.1 Å². The van der Waals surface area contributed by atoms with Crippen molar-refractivity contribution < 1.29 is 14.7 Å². The van der Waals surface area contributed by atoms with Gasteiger partial charge in [0.25, 0.3) is 0 Å². The Kier molecular flexibility index (Phi) is 3.01. The number of carbonyl (C=O) groups is 2. The van der Waals surface area contributed by atoms with E-state index in [0.29, 0.717) is 17.6 Å². The number of aliphatic hydroxyl groups is 1. The fraction of sp³-hybridized carbons (Fsp3) is 0.467. The zero-order valence-electron chi connectivity index (χ0n) is 11.2. The molecule has 0 saturated heterocycles. The van der Waals surface area contributed by atoms with E-state index < -0.39 is 0 Å². The van der Waals surface area contributed by atoms with Gasteiger partial charge >= 0.3 is 0 Å². The van der Waals surface area contributed by atoms with Crippen LogP contribution in [-0.4, -0.2) is 16.7 Å². The zero-order chi connectivity index (χ0) is 13.6. The minimum atomic E-state index is -0.321. The van der Waals surface area contributed by atoms with Crippen LogP contribution in [0.3, 0.4) is 0 Å². The molecule has 0 amide bonds. The standard InChI is InChI=1S/C15H18O3/c1-7(2)12-10-5-9(4)14(17)15(18)13(10)8(3)6-11(12)16/h5,7-8,18H,6H2,1-4H3/t8-/m0/s1. The molecule has 0 unspecified atom stereocenters. The number of fused-ring (bicyclic) bond motifs is 1. The Hall–Kier alpha value is -1.64. The molecule has 3 heteroatoms. The number of hydrogen-bond acceptors (Lipinski definition) is 3. The third-order valence-corrected chi connectivity index (χ3v) is 3.63. The number of carbonyl (C=O) groups excluding carboxylic acids is 2. The second kappa shape index (κ2) is 4.23. The summed E-state index contributed by atoms with van der Waals surface area (Å²) in [6.45, 7) is 7.47. The van der Waals surface area contributed by atoms with Crippen LogP contribution in [0.25, 0.3) is 0 Å². The van der Waals surface area contributed by atoms with Gasteiger partial charge in [-0.15, -0.1) is 0 Å². The summed E-state index contributed by atoms with van der Waals surface area (Å²) in [5, 5.41) is 10.0. The molecule has 18 heavy (non-hydrogen) atoms. The fourth-order valence-electron chi connectivity index (χ4n) is 2.79. The predicted molar refractivity (Wildman–Crippen MR) is 69.1 cm³/mol. The number of ketones is 2. The first kappa shape index (κ1) is 12.8. The summed E-state index contributed by atoms with van der Waals surface area (Å²) in [4.78, 5) is 23.9. The quantitative estimate of drug-likeness (QED) is 0.774. The van der Waals surface area contributed by atoms with Gasteiger partial charge in [-0.2, -0.15) is 0 Å². The van der Waals surface area contributed by atoms with E-state index in [9.17, 15) is 14.7 Å². The number of allylic oxidation sites excluding steroid dienone is 5. The van der Waals surface area contributed by atoms with Gasteiger partial charge in [0.2, 0.25) is 5.78 Å². The smallest absolute Gasteiger partial charge is 0.223 e. The van der Waals surface area contributed by atoms with Gasteiger partial charge < -0.3 is 5.11 Å². The maximum Gasteiger partial charge on any atom is 0.223 e. The minimum Gasteiger partial charge on any atom is -0.504 e. The van der Waals surface area contributed by atoms with Crippen LogP contribution in [0.5, 0.6) is 0 Å². The Bertz CT molecular complexity index is 530. The zero-order valence-corrected chi connectivity index (χ0v) is 11.2. The third-order valence-electron chi connectivity index (χ3n) is 3.63. The molecule has 0 bridgehead atoms.